The van der Waals surface area contributed by atoms with E-state index in [1.54, 1.807) is 0 Å². The molecule has 0 spiro atoms. The van der Waals surface area contributed by atoms with Gasteiger partial charge in [-0.05, 0) is 85.4 Å². The highest BCUT2D eigenvalue weighted by atomic mass is 16.3. The van der Waals surface area contributed by atoms with Crippen molar-refractivity contribution in [2.24, 2.45) is 0 Å². The Labute approximate surface area is 327 Å². The van der Waals surface area contributed by atoms with Crippen LogP contribution in [0.5, 0.6) is 0 Å². The van der Waals surface area contributed by atoms with E-state index in [1.165, 1.54) is 22.3 Å². The number of furan rings is 1. The predicted molar refractivity (Wildman–Crippen MR) is 232 cm³/mol. The fourth-order valence-electron chi connectivity index (χ4n) is 8.90. The molecule has 2 heteroatoms. The van der Waals surface area contributed by atoms with Crippen LogP contribution in [0.4, 0.5) is 17.1 Å². The van der Waals surface area contributed by atoms with Crippen LogP contribution < -0.4 is 4.90 Å². The topological polar surface area (TPSA) is 16.4 Å². The first-order valence-corrected chi connectivity index (χ1v) is 18.7. The zero-order chi connectivity index (χ0) is 41.0. The second-order valence-electron chi connectivity index (χ2n) is 14.9. The Morgan fingerprint density at radius 1 is 0.473 bits per heavy atom. The maximum Gasteiger partial charge on any atom is 0.143 e. The molecule has 0 radical (unpaired) electrons. The van der Waals surface area contributed by atoms with Gasteiger partial charge in [0.2, 0.25) is 0 Å². The summed E-state index contributed by atoms with van der Waals surface area (Å²) in [4.78, 5) is 2.15. The van der Waals surface area contributed by atoms with Gasteiger partial charge < -0.3 is 9.32 Å². The van der Waals surface area contributed by atoms with E-state index in [1.807, 2.05) is 54.6 Å². The zero-order valence-corrected chi connectivity index (χ0v) is 30.4. The minimum Gasteiger partial charge on any atom is -0.455 e. The summed E-state index contributed by atoms with van der Waals surface area (Å²) in [6.07, 6.45) is 0. The first kappa shape index (κ1) is 26.8. The molecule has 2 nitrogen and oxygen atoms in total. The van der Waals surface area contributed by atoms with Crippen molar-refractivity contribution in [1.29, 1.82) is 0 Å². The highest BCUT2D eigenvalue weighted by molar-refractivity contribution is 6.30. The SMILES string of the molecule is [2H]c1c([2H])c([2H])c(-c2cc3c(cc2N(c2ccc(-c4ccccc4)cc2)c2ccc4c(c2)C(C)(C)c2ccccc2-4)oc2c4ccccc4c4ccccc4c32)c([2H])c1[2H]. The molecule has 1 aliphatic carbocycles. The molecular formula is C53H37NO. The molecular weight excluding hydrogens is 667 g/mol. The number of hydrogen-bond donors (Lipinski definition) is 0. The highest BCUT2D eigenvalue weighted by Crippen LogP contribution is 2.52. The largest absolute Gasteiger partial charge is 0.455 e. The Morgan fingerprint density at radius 3 is 1.87 bits per heavy atom. The molecule has 0 aliphatic heterocycles. The van der Waals surface area contributed by atoms with Crippen LogP contribution in [0.15, 0.2) is 192 Å². The van der Waals surface area contributed by atoms with Crippen molar-refractivity contribution in [2.75, 3.05) is 4.90 Å². The number of anilines is 3. The maximum atomic E-state index is 9.33. The van der Waals surface area contributed by atoms with Crippen molar-refractivity contribution < 1.29 is 11.3 Å². The molecule has 1 aromatic heterocycles. The van der Waals surface area contributed by atoms with Crippen molar-refractivity contribution in [1.82, 2.24) is 0 Å². The second kappa shape index (κ2) is 12.1. The second-order valence-corrected chi connectivity index (χ2v) is 14.9. The Hall–Kier alpha value is -6.90. The number of rotatable bonds is 5. The van der Waals surface area contributed by atoms with E-state index in [9.17, 15) is 2.74 Å². The monoisotopic (exact) mass is 708 g/mol. The van der Waals surface area contributed by atoms with Gasteiger partial charge in [0.25, 0.3) is 0 Å². The van der Waals surface area contributed by atoms with E-state index in [0.29, 0.717) is 16.8 Å². The fraction of sp³-hybridized carbons (Fsp3) is 0.0566. The van der Waals surface area contributed by atoms with Crippen LogP contribution in [0, 0.1) is 0 Å². The minimum atomic E-state index is -0.434. The average molecular weight is 709 g/mol. The number of nitrogens with zero attached hydrogens (tertiary/aromatic N) is 1. The predicted octanol–water partition coefficient (Wildman–Crippen LogP) is 15.0. The Bertz CT molecular complexity index is 3380. The molecule has 0 saturated heterocycles. The summed E-state index contributed by atoms with van der Waals surface area (Å²) in [5, 5.41) is 5.85. The van der Waals surface area contributed by atoms with Gasteiger partial charge in [0.1, 0.15) is 11.2 Å². The first-order chi connectivity index (χ1) is 29.1. The standard InChI is InChI=1S/C53H37NO/c1-53(2)47-24-14-13-21-41(47)42-30-29-38(31-48(42)53)54(37-27-25-35(26-28-37)34-15-5-3-6-16-34)49-33-50-46(32-45(49)36-17-7-4-8-18-36)51-43-22-11-9-19-39(43)40-20-10-12-23-44(40)52(51)55-50/h3-33H,1-2H3/i4D,7D,8D,17D,18D. The van der Waals surface area contributed by atoms with Gasteiger partial charge in [-0.2, -0.15) is 0 Å². The first-order valence-electron chi connectivity index (χ1n) is 21.2. The van der Waals surface area contributed by atoms with Crippen LogP contribution in [0.2, 0.25) is 0 Å². The molecule has 0 bridgehead atoms. The van der Waals surface area contributed by atoms with Gasteiger partial charge >= 0.3 is 0 Å². The third kappa shape index (κ3) is 4.81. The van der Waals surface area contributed by atoms with Gasteiger partial charge in [0.15, 0.2) is 0 Å². The van der Waals surface area contributed by atoms with E-state index in [0.717, 1.165) is 60.4 Å². The molecule has 10 aromatic rings. The lowest BCUT2D eigenvalue weighted by Gasteiger charge is -2.30. The number of benzene rings is 9. The van der Waals surface area contributed by atoms with E-state index in [2.05, 4.69) is 122 Å². The summed E-state index contributed by atoms with van der Waals surface area (Å²) in [7, 11) is 0. The number of hydrogen-bond acceptors (Lipinski definition) is 2. The number of fused-ring (bicyclic) bond motifs is 11. The van der Waals surface area contributed by atoms with Crippen molar-refractivity contribution in [3.8, 4) is 33.4 Å². The summed E-state index contributed by atoms with van der Waals surface area (Å²) in [6.45, 7) is 4.52. The van der Waals surface area contributed by atoms with Crippen LogP contribution in [-0.4, -0.2) is 0 Å². The Balaban J connectivity index is 1.26. The van der Waals surface area contributed by atoms with Crippen molar-refractivity contribution in [3.05, 3.63) is 199 Å². The lowest BCUT2D eigenvalue weighted by atomic mass is 9.82. The lowest BCUT2D eigenvalue weighted by molar-refractivity contribution is 0.660. The molecule has 0 amide bonds. The molecule has 1 heterocycles. The van der Waals surface area contributed by atoms with E-state index in [-0.39, 0.29) is 35.1 Å². The lowest BCUT2D eigenvalue weighted by Crippen LogP contribution is -2.17. The third-order valence-corrected chi connectivity index (χ3v) is 11.5. The smallest absolute Gasteiger partial charge is 0.143 e. The molecule has 55 heavy (non-hydrogen) atoms. The molecule has 0 unspecified atom stereocenters. The zero-order valence-electron chi connectivity index (χ0n) is 35.4. The Morgan fingerprint density at radius 2 is 1.09 bits per heavy atom. The van der Waals surface area contributed by atoms with Gasteiger partial charge in [-0.15, -0.1) is 0 Å². The summed E-state index contributed by atoms with van der Waals surface area (Å²) in [5.74, 6) is 0. The van der Waals surface area contributed by atoms with Gasteiger partial charge in [-0.25, -0.2) is 0 Å². The summed E-state index contributed by atoms with van der Waals surface area (Å²) in [5.41, 5.74) is 11.0. The van der Waals surface area contributed by atoms with Gasteiger partial charge in [0, 0.05) is 44.6 Å². The fourth-order valence-corrected chi connectivity index (χ4v) is 8.90. The summed E-state index contributed by atoms with van der Waals surface area (Å²) < 4.78 is 51.8. The van der Waals surface area contributed by atoms with Gasteiger partial charge in [-0.3, -0.25) is 0 Å². The van der Waals surface area contributed by atoms with Crippen LogP contribution in [0.25, 0.3) is 76.9 Å². The molecule has 0 saturated carbocycles. The Kier molecular flexibility index (Phi) is 5.88. The average Bonchev–Trinajstić information content (AvgIpc) is 3.77. The van der Waals surface area contributed by atoms with Crippen molar-refractivity contribution in [2.45, 2.75) is 19.3 Å². The van der Waals surface area contributed by atoms with E-state index >= 15 is 0 Å². The van der Waals surface area contributed by atoms with Crippen LogP contribution in [-0.2, 0) is 5.41 Å². The van der Waals surface area contributed by atoms with Crippen molar-refractivity contribution in [3.63, 3.8) is 0 Å². The van der Waals surface area contributed by atoms with E-state index in [4.69, 9.17) is 8.53 Å². The molecule has 260 valence electrons. The van der Waals surface area contributed by atoms with Crippen LogP contribution in [0.3, 0.4) is 0 Å². The maximum absolute atomic E-state index is 9.33. The van der Waals surface area contributed by atoms with Gasteiger partial charge in [0.05, 0.1) is 12.5 Å². The molecule has 1 aliphatic rings. The van der Waals surface area contributed by atoms with Crippen molar-refractivity contribution >= 4 is 60.5 Å². The molecule has 9 aromatic carbocycles. The highest BCUT2D eigenvalue weighted by Gasteiger charge is 2.36. The molecule has 0 fully saturated rings. The van der Waals surface area contributed by atoms with Gasteiger partial charge in [-0.1, -0.05) is 165 Å². The summed E-state index contributed by atoms with van der Waals surface area (Å²) >= 11 is 0. The van der Waals surface area contributed by atoms with E-state index < -0.39 is 6.04 Å². The summed E-state index contributed by atoms with van der Waals surface area (Å²) in [6, 6.07) is 52.5. The third-order valence-electron chi connectivity index (χ3n) is 11.5. The van der Waals surface area contributed by atoms with Crippen LogP contribution >= 0.6 is 0 Å². The molecule has 0 atom stereocenters. The molecule has 11 rings (SSSR count). The molecule has 0 N–H and O–H groups in total. The quantitative estimate of drug-likeness (QED) is 0.166. The minimum absolute atomic E-state index is 0.122. The normalized spacial score (nSPS) is 14.3. The van der Waals surface area contributed by atoms with Crippen LogP contribution in [0.1, 0.15) is 31.8 Å².